The topological polar surface area (TPSA) is 123 Å². The Kier molecular flexibility index (Phi) is 5.53. The Balaban J connectivity index is 2.46. The number of nitro groups is 1. The summed E-state index contributed by atoms with van der Waals surface area (Å²) in [6.45, 7) is 8.69. The van der Waals surface area contributed by atoms with Gasteiger partial charge in [-0.15, -0.1) is 0 Å². The number of nitrogens with one attached hydrogen (secondary N) is 2. The van der Waals surface area contributed by atoms with Crippen LogP contribution in [0.25, 0.3) is 0 Å². The number of carbonyl (C=O) groups excluding carboxylic acids is 2. The highest BCUT2D eigenvalue weighted by Crippen LogP contribution is 2.40. The average molecular weight is 376 g/mol. The molecule has 9 heteroatoms. The summed E-state index contributed by atoms with van der Waals surface area (Å²) < 4.78 is 5.19. The molecule has 146 valence electrons. The van der Waals surface area contributed by atoms with Crippen LogP contribution in [0.4, 0.5) is 10.5 Å². The molecule has 0 spiro atoms. The van der Waals surface area contributed by atoms with Gasteiger partial charge >= 0.3 is 6.09 Å². The molecule has 0 fully saturated rings. The van der Waals surface area contributed by atoms with E-state index >= 15 is 0 Å². The minimum absolute atomic E-state index is 0.0410. The molecular weight excluding hydrogens is 352 g/mol. The molecule has 1 aromatic carbocycles. The van der Waals surface area contributed by atoms with E-state index in [1.165, 1.54) is 12.1 Å². The summed E-state index contributed by atoms with van der Waals surface area (Å²) in [6.07, 6.45) is -0.345. The maximum atomic E-state index is 12.5. The summed E-state index contributed by atoms with van der Waals surface area (Å²) in [5.41, 5.74) is -1.31. The van der Waals surface area contributed by atoms with Crippen molar-refractivity contribution in [2.45, 2.75) is 52.2 Å². The number of ether oxygens (including phenoxy) is 1. The molecule has 0 aromatic heterocycles. The predicted molar refractivity (Wildman–Crippen MR) is 99.2 cm³/mol. The van der Waals surface area contributed by atoms with Crippen LogP contribution >= 0.6 is 0 Å². The van der Waals surface area contributed by atoms with Gasteiger partial charge in [0.2, 0.25) is 11.9 Å². The van der Waals surface area contributed by atoms with Crippen LogP contribution in [0, 0.1) is 16.0 Å². The van der Waals surface area contributed by atoms with Gasteiger partial charge in [-0.1, -0.05) is 26.0 Å². The van der Waals surface area contributed by atoms with Crippen molar-refractivity contribution in [2.75, 3.05) is 0 Å². The Morgan fingerprint density at radius 1 is 1.44 bits per heavy atom. The molecule has 27 heavy (non-hydrogen) atoms. The lowest BCUT2D eigenvalue weighted by Crippen LogP contribution is -2.56. The van der Waals surface area contributed by atoms with Crippen LogP contribution in [0.2, 0.25) is 0 Å². The Hall–Kier alpha value is -2.97. The highest BCUT2D eigenvalue weighted by Gasteiger charge is 2.45. The number of hydrogen-bond acceptors (Lipinski definition) is 6. The second-order valence-electron chi connectivity index (χ2n) is 7.38. The van der Waals surface area contributed by atoms with Gasteiger partial charge in [0.05, 0.1) is 10.8 Å². The molecule has 1 heterocycles. The summed E-state index contributed by atoms with van der Waals surface area (Å²) in [4.78, 5) is 39.8. The van der Waals surface area contributed by atoms with E-state index in [0.29, 0.717) is 12.0 Å². The number of hydrogen-bond donors (Lipinski definition) is 2. The number of benzene rings is 1. The Morgan fingerprint density at radius 2 is 2.11 bits per heavy atom. The first-order chi connectivity index (χ1) is 12.5. The monoisotopic (exact) mass is 376 g/mol. The molecule has 0 saturated carbocycles. The number of amides is 2. The van der Waals surface area contributed by atoms with Gasteiger partial charge < -0.3 is 4.74 Å². The van der Waals surface area contributed by atoms with Gasteiger partial charge in [0, 0.05) is 12.1 Å². The number of nitro benzene ring substituents is 1. The molecule has 2 rings (SSSR count). The number of carbonyl (C=O) groups is 2. The Bertz CT molecular complexity index is 799. The zero-order valence-electron chi connectivity index (χ0n) is 16.0. The molecule has 0 bridgehead atoms. The highest BCUT2D eigenvalue weighted by molar-refractivity contribution is 6.05. The van der Waals surface area contributed by atoms with E-state index in [2.05, 4.69) is 15.6 Å². The fourth-order valence-electron chi connectivity index (χ4n) is 3.02. The number of rotatable bonds is 3. The van der Waals surface area contributed by atoms with E-state index in [0.717, 1.165) is 0 Å². The van der Waals surface area contributed by atoms with Gasteiger partial charge in [0.1, 0.15) is 11.1 Å². The lowest BCUT2D eigenvalue weighted by molar-refractivity contribution is -0.385. The fraction of sp³-hybridized carbons (Fsp3) is 0.500. The largest absolute Gasteiger partial charge is 0.444 e. The van der Waals surface area contributed by atoms with Crippen LogP contribution in [0.1, 0.15) is 46.6 Å². The molecule has 9 nitrogen and oxygen atoms in total. The minimum atomic E-state index is -1.04. The van der Waals surface area contributed by atoms with Gasteiger partial charge in [-0.3, -0.25) is 25.5 Å². The van der Waals surface area contributed by atoms with E-state index in [-0.39, 0.29) is 17.6 Å². The van der Waals surface area contributed by atoms with Crippen molar-refractivity contribution in [1.82, 2.24) is 10.6 Å². The molecule has 2 amide bonds. The van der Waals surface area contributed by atoms with Crippen LogP contribution in [0.3, 0.4) is 0 Å². The van der Waals surface area contributed by atoms with Crippen LogP contribution in [-0.2, 0) is 15.1 Å². The number of alkyl carbamates (subject to hydrolysis) is 1. The normalized spacial score (nSPS) is 22.5. The first-order valence-corrected chi connectivity index (χ1v) is 8.64. The molecule has 1 aromatic rings. The fourth-order valence-corrected chi connectivity index (χ4v) is 3.02. The molecule has 0 aliphatic carbocycles. The third-order valence-corrected chi connectivity index (χ3v) is 4.38. The highest BCUT2D eigenvalue weighted by atomic mass is 16.6. The van der Waals surface area contributed by atoms with E-state index in [4.69, 9.17) is 4.74 Å². The maximum Gasteiger partial charge on any atom is 0.414 e. The molecule has 0 saturated heterocycles. The number of non-ortho nitro benzene ring substituents is 1. The standard InChI is InChI=1S/C18H24N4O5/c1-6-18(12-8-7-9-13(10-12)22(25)26)11(2)14(23)19-15(21-18)20-16(24)27-17(3,4)5/h7-11H,6H2,1-5H3,(H2,19,20,21,23,24)/t11?,18-/m0/s1. The van der Waals surface area contributed by atoms with Gasteiger partial charge in [-0.25, -0.2) is 9.79 Å². The first kappa shape index (κ1) is 20.3. The molecule has 2 atom stereocenters. The SMILES string of the molecule is CC[C@]1(c2cccc([N+](=O)[O-])c2)N=C(NC(=O)OC(C)(C)C)NC(=O)C1C. The van der Waals surface area contributed by atoms with E-state index in [1.54, 1.807) is 39.8 Å². The molecule has 1 aliphatic rings. The van der Waals surface area contributed by atoms with Gasteiger partial charge in [0.25, 0.3) is 5.69 Å². The van der Waals surface area contributed by atoms with E-state index in [1.807, 2.05) is 6.92 Å². The molecule has 1 unspecified atom stereocenters. The van der Waals surface area contributed by atoms with E-state index < -0.39 is 28.1 Å². The average Bonchev–Trinajstić information content (AvgIpc) is 2.56. The quantitative estimate of drug-likeness (QED) is 0.620. The Morgan fingerprint density at radius 3 is 2.67 bits per heavy atom. The van der Waals surface area contributed by atoms with Crippen molar-refractivity contribution in [1.29, 1.82) is 0 Å². The van der Waals surface area contributed by atoms with Crippen LogP contribution < -0.4 is 10.6 Å². The van der Waals surface area contributed by atoms with Crippen molar-refractivity contribution >= 4 is 23.6 Å². The van der Waals surface area contributed by atoms with Crippen LogP contribution in [0.15, 0.2) is 29.3 Å². The summed E-state index contributed by atoms with van der Waals surface area (Å²) in [7, 11) is 0. The zero-order valence-corrected chi connectivity index (χ0v) is 16.0. The molecule has 0 radical (unpaired) electrons. The van der Waals surface area contributed by atoms with Crippen molar-refractivity contribution in [3.05, 3.63) is 39.9 Å². The lowest BCUT2D eigenvalue weighted by atomic mass is 9.76. The second-order valence-corrected chi connectivity index (χ2v) is 7.38. The number of aliphatic imine (C=N–C) groups is 1. The molecular formula is C18H24N4O5. The molecule has 1 aliphatic heterocycles. The van der Waals surface area contributed by atoms with Gasteiger partial charge in [-0.2, -0.15) is 0 Å². The minimum Gasteiger partial charge on any atom is -0.444 e. The van der Waals surface area contributed by atoms with Crippen molar-refractivity contribution < 1.29 is 19.2 Å². The molecule has 2 N–H and O–H groups in total. The summed E-state index contributed by atoms with van der Waals surface area (Å²) in [5.74, 6) is -0.973. The maximum absolute atomic E-state index is 12.5. The van der Waals surface area contributed by atoms with Crippen molar-refractivity contribution in [2.24, 2.45) is 10.9 Å². The van der Waals surface area contributed by atoms with Crippen molar-refractivity contribution in [3.8, 4) is 0 Å². The zero-order chi connectivity index (χ0) is 20.4. The predicted octanol–water partition coefficient (Wildman–Crippen LogP) is 2.85. The summed E-state index contributed by atoms with van der Waals surface area (Å²) in [6, 6.07) is 6.04. The first-order valence-electron chi connectivity index (χ1n) is 8.64. The van der Waals surface area contributed by atoms with Crippen molar-refractivity contribution in [3.63, 3.8) is 0 Å². The summed E-state index contributed by atoms with van der Waals surface area (Å²) in [5, 5.41) is 16.1. The smallest absolute Gasteiger partial charge is 0.414 e. The van der Waals surface area contributed by atoms with Crippen LogP contribution in [-0.4, -0.2) is 28.5 Å². The van der Waals surface area contributed by atoms with E-state index in [9.17, 15) is 19.7 Å². The number of nitrogens with zero attached hydrogens (tertiary/aromatic N) is 2. The summed E-state index contributed by atoms with van der Waals surface area (Å²) >= 11 is 0. The number of guanidine groups is 1. The van der Waals surface area contributed by atoms with Crippen LogP contribution in [0.5, 0.6) is 0 Å². The van der Waals surface area contributed by atoms with Gasteiger partial charge in [-0.05, 0) is 32.8 Å². The lowest BCUT2D eigenvalue weighted by Gasteiger charge is -2.38. The third-order valence-electron chi connectivity index (χ3n) is 4.38. The van der Waals surface area contributed by atoms with Gasteiger partial charge in [0.15, 0.2) is 0 Å². The third kappa shape index (κ3) is 4.42. The Labute approximate surface area is 157 Å². The second kappa shape index (κ2) is 7.34.